The second-order valence-corrected chi connectivity index (χ2v) is 3.42. The van der Waals surface area contributed by atoms with Crippen LogP contribution in [-0.2, 0) is 7.05 Å². The van der Waals surface area contributed by atoms with Gasteiger partial charge in [-0.15, -0.1) is 0 Å². The van der Waals surface area contributed by atoms with Crippen molar-refractivity contribution in [1.29, 1.82) is 0 Å². The van der Waals surface area contributed by atoms with Gasteiger partial charge in [0.2, 0.25) is 5.88 Å². The molecule has 2 heterocycles. The lowest BCUT2D eigenvalue weighted by molar-refractivity contribution is 0.426. The van der Waals surface area contributed by atoms with Gasteiger partial charge >= 0.3 is 5.69 Å². The Labute approximate surface area is 89.6 Å². The molecular weight excluding hydrogens is 212 g/mol. The lowest BCUT2D eigenvalue weighted by Crippen LogP contribution is -2.30. The number of nitrogens with one attached hydrogen (secondary N) is 1. The van der Waals surface area contributed by atoms with Crippen LogP contribution in [0, 0.1) is 6.92 Å². The van der Waals surface area contributed by atoms with Crippen molar-refractivity contribution < 1.29 is 5.11 Å². The van der Waals surface area contributed by atoms with Crippen LogP contribution in [0.1, 0.15) is 5.56 Å². The van der Waals surface area contributed by atoms with Crippen molar-refractivity contribution >= 4 is 0 Å². The number of hydrogen-bond acceptors (Lipinski definition) is 4. The summed E-state index contributed by atoms with van der Waals surface area (Å²) in [6.07, 6.45) is 2.97. The average Bonchev–Trinajstić information content (AvgIpc) is 2.61. The van der Waals surface area contributed by atoms with Gasteiger partial charge in [0.15, 0.2) is 0 Å². The number of aromatic nitrogens is 4. The molecule has 0 aliphatic heterocycles. The Morgan fingerprint density at radius 2 is 2.12 bits per heavy atom. The van der Waals surface area contributed by atoms with Crippen LogP contribution in [0.15, 0.2) is 22.0 Å². The molecule has 0 amide bonds. The molecule has 2 aromatic rings. The van der Waals surface area contributed by atoms with Gasteiger partial charge in [-0.05, 0) is 6.92 Å². The van der Waals surface area contributed by atoms with Crippen molar-refractivity contribution in [3.05, 3.63) is 38.8 Å². The monoisotopic (exact) mass is 222 g/mol. The van der Waals surface area contributed by atoms with E-state index in [9.17, 15) is 14.7 Å². The topological polar surface area (TPSA) is 92.9 Å². The van der Waals surface area contributed by atoms with E-state index in [0.29, 0.717) is 5.69 Å². The number of hydrogen-bond donors (Lipinski definition) is 2. The molecule has 2 aromatic heterocycles. The van der Waals surface area contributed by atoms with E-state index in [1.165, 1.54) is 17.8 Å². The number of H-pyrrole nitrogens is 1. The molecule has 0 saturated heterocycles. The van der Waals surface area contributed by atoms with Crippen LogP contribution in [0.3, 0.4) is 0 Å². The summed E-state index contributed by atoms with van der Waals surface area (Å²) in [5, 5.41) is 13.6. The van der Waals surface area contributed by atoms with Gasteiger partial charge in [-0.2, -0.15) is 5.10 Å². The fourth-order valence-electron chi connectivity index (χ4n) is 1.38. The molecular formula is C9H10N4O3. The smallest absolute Gasteiger partial charge is 0.335 e. The largest absolute Gasteiger partial charge is 0.494 e. The molecule has 2 rings (SSSR count). The molecule has 0 bridgehead atoms. The minimum Gasteiger partial charge on any atom is -0.494 e. The van der Waals surface area contributed by atoms with Crippen molar-refractivity contribution in [3.63, 3.8) is 0 Å². The van der Waals surface area contributed by atoms with Gasteiger partial charge in [0.1, 0.15) is 0 Å². The fraction of sp³-hybridized carbons (Fsp3) is 0.222. The highest BCUT2D eigenvalue weighted by atomic mass is 16.3. The maximum Gasteiger partial charge on any atom is 0.335 e. The lowest BCUT2D eigenvalue weighted by atomic mass is 10.3. The Balaban J connectivity index is 2.80. The lowest BCUT2D eigenvalue weighted by Gasteiger charge is -2.06. The first-order valence-corrected chi connectivity index (χ1v) is 4.54. The van der Waals surface area contributed by atoms with Crippen LogP contribution >= 0.6 is 0 Å². The first-order chi connectivity index (χ1) is 7.50. The highest BCUT2D eigenvalue weighted by Crippen LogP contribution is 2.13. The molecule has 0 fully saturated rings. The molecule has 0 aromatic carbocycles. The predicted octanol–water partition coefficient (Wildman–Crippen LogP) is -0.727. The second kappa shape index (κ2) is 3.37. The molecule has 0 saturated carbocycles. The summed E-state index contributed by atoms with van der Waals surface area (Å²) in [6, 6.07) is 0. The summed E-state index contributed by atoms with van der Waals surface area (Å²) in [6.45, 7) is 1.43. The minimum absolute atomic E-state index is 0.0865. The van der Waals surface area contributed by atoms with Gasteiger partial charge in [0.25, 0.3) is 5.56 Å². The van der Waals surface area contributed by atoms with Crippen LogP contribution in [0.4, 0.5) is 0 Å². The van der Waals surface area contributed by atoms with E-state index in [4.69, 9.17) is 0 Å². The normalized spacial score (nSPS) is 10.6. The average molecular weight is 222 g/mol. The van der Waals surface area contributed by atoms with E-state index in [1.807, 2.05) is 0 Å². The Morgan fingerprint density at radius 1 is 1.44 bits per heavy atom. The first kappa shape index (κ1) is 10.2. The third-order valence-corrected chi connectivity index (χ3v) is 2.26. The highest BCUT2D eigenvalue weighted by molar-refractivity contribution is 5.34. The molecule has 2 N–H and O–H groups in total. The maximum absolute atomic E-state index is 11.5. The van der Waals surface area contributed by atoms with Crippen molar-refractivity contribution in [3.8, 4) is 11.6 Å². The van der Waals surface area contributed by atoms with Crippen molar-refractivity contribution in [1.82, 2.24) is 19.3 Å². The number of aromatic amines is 1. The first-order valence-electron chi connectivity index (χ1n) is 4.54. The van der Waals surface area contributed by atoms with Crippen molar-refractivity contribution in [2.75, 3.05) is 0 Å². The van der Waals surface area contributed by atoms with Gasteiger partial charge in [0.05, 0.1) is 17.4 Å². The summed E-state index contributed by atoms with van der Waals surface area (Å²) in [4.78, 5) is 24.8. The molecule has 0 aliphatic rings. The van der Waals surface area contributed by atoms with Gasteiger partial charge in [-0.3, -0.25) is 14.5 Å². The van der Waals surface area contributed by atoms with Crippen LogP contribution in [0.5, 0.6) is 5.88 Å². The van der Waals surface area contributed by atoms with Crippen LogP contribution < -0.4 is 11.2 Å². The second-order valence-electron chi connectivity index (χ2n) is 3.42. The molecule has 7 heteroatoms. The molecule has 0 unspecified atom stereocenters. The van der Waals surface area contributed by atoms with Crippen LogP contribution in [-0.4, -0.2) is 24.4 Å². The third-order valence-electron chi connectivity index (χ3n) is 2.26. The van der Waals surface area contributed by atoms with Crippen LogP contribution in [0.25, 0.3) is 5.69 Å². The molecule has 0 aliphatic carbocycles. The Kier molecular flexibility index (Phi) is 2.15. The van der Waals surface area contributed by atoms with Gasteiger partial charge < -0.3 is 5.11 Å². The standard InChI is InChI=1S/C9H10N4O3/c1-5-7(14)11-9(16)13(8(5)15)6-3-10-12(2)4-6/h3-4,15H,1-2H3,(H,11,14,16). The highest BCUT2D eigenvalue weighted by Gasteiger charge is 2.12. The summed E-state index contributed by atoms with van der Waals surface area (Å²) in [7, 11) is 1.68. The third kappa shape index (κ3) is 1.42. The van der Waals surface area contributed by atoms with E-state index in [0.717, 1.165) is 4.57 Å². The molecule has 0 atom stereocenters. The predicted molar refractivity (Wildman–Crippen MR) is 55.8 cm³/mol. The summed E-state index contributed by atoms with van der Waals surface area (Å²) in [5.41, 5.74) is -0.809. The van der Waals surface area contributed by atoms with Crippen LogP contribution in [0.2, 0.25) is 0 Å². The van der Waals surface area contributed by atoms with E-state index in [-0.39, 0.29) is 11.4 Å². The fourth-order valence-corrected chi connectivity index (χ4v) is 1.38. The Bertz CT molecular complexity index is 650. The van der Waals surface area contributed by atoms with Gasteiger partial charge in [-0.1, -0.05) is 0 Å². The summed E-state index contributed by atoms with van der Waals surface area (Å²) in [5.74, 6) is -0.373. The van der Waals surface area contributed by atoms with Gasteiger partial charge in [0, 0.05) is 13.2 Å². The van der Waals surface area contributed by atoms with E-state index >= 15 is 0 Å². The quantitative estimate of drug-likeness (QED) is 0.665. The maximum atomic E-state index is 11.5. The minimum atomic E-state index is -0.693. The van der Waals surface area contributed by atoms with Crippen molar-refractivity contribution in [2.24, 2.45) is 7.05 Å². The summed E-state index contributed by atoms with van der Waals surface area (Å²) >= 11 is 0. The zero-order chi connectivity index (χ0) is 11.9. The van der Waals surface area contributed by atoms with E-state index < -0.39 is 11.2 Å². The molecule has 0 radical (unpaired) electrons. The van der Waals surface area contributed by atoms with E-state index in [1.54, 1.807) is 13.2 Å². The Hall–Kier alpha value is -2.31. The molecule has 7 nitrogen and oxygen atoms in total. The molecule has 16 heavy (non-hydrogen) atoms. The number of aryl methyl sites for hydroxylation is 1. The summed E-state index contributed by atoms with van der Waals surface area (Å²) < 4.78 is 2.48. The zero-order valence-electron chi connectivity index (χ0n) is 8.76. The Morgan fingerprint density at radius 3 is 2.69 bits per heavy atom. The molecule has 0 spiro atoms. The van der Waals surface area contributed by atoms with Gasteiger partial charge in [-0.25, -0.2) is 9.36 Å². The SMILES string of the molecule is Cc1c(O)n(-c2cnn(C)c2)c(=O)[nH]c1=O. The number of aromatic hydroxyl groups is 1. The van der Waals surface area contributed by atoms with Crippen molar-refractivity contribution in [2.45, 2.75) is 6.92 Å². The zero-order valence-corrected chi connectivity index (χ0v) is 8.76. The van der Waals surface area contributed by atoms with E-state index in [2.05, 4.69) is 10.1 Å². The molecule has 84 valence electrons. The number of nitrogens with zero attached hydrogens (tertiary/aromatic N) is 3. The number of rotatable bonds is 1.